The summed E-state index contributed by atoms with van der Waals surface area (Å²) in [5.41, 5.74) is 3.22. The van der Waals surface area contributed by atoms with Crippen LogP contribution in [-0.4, -0.2) is 16.3 Å². The van der Waals surface area contributed by atoms with Crippen molar-refractivity contribution in [2.45, 2.75) is 53.1 Å². The maximum Gasteiger partial charge on any atom is 0.123 e. The fraction of sp³-hybridized carbons (Fsp3) is 0.562. The van der Waals surface area contributed by atoms with Gasteiger partial charge in [0.1, 0.15) is 5.76 Å². The predicted molar refractivity (Wildman–Crippen MR) is 85.9 cm³/mol. The Morgan fingerprint density at radius 2 is 2.14 bits per heavy atom. The van der Waals surface area contributed by atoms with Crippen molar-refractivity contribution in [3.8, 4) is 0 Å². The first-order valence-corrected chi connectivity index (χ1v) is 8.01. The van der Waals surface area contributed by atoms with Crippen molar-refractivity contribution in [1.29, 1.82) is 0 Å². The molecule has 0 bridgehead atoms. The van der Waals surface area contributed by atoms with E-state index < -0.39 is 0 Å². The van der Waals surface area contributed by atoms with Gasteiger partial charge in [-0.2, -0.15) is 5.10 Å². The van der Waals surface area contributed by atoms with Gasteiger partial charge in [0.15, 0.2) is 0 Å². The van der Waals surface area contributed by atoms with Gasteiger partial charge in [-0.3, -0.25) is 4.68 Å². The highest BCUT2D eigenvalue weighted by atomic mass is 35.5. The van der Waals surface area contributed by atoms with Crippen molar-refractivity contribution in [3.05, 3.63) is 40.1 Å². The topological polar surface area (TPSA) is 43.0 Å². The van der Waals surface area contributed by atoms with E-state index in [2.05, 4.69) is 38.1 Å². The summed E-state index contributed by atoms with van der Waals surface area (Å²) in [7, 11) is 0. The maximum atomic E-state index is 6.51. The molecule has 0 aromatic carbocycles. The average molecular weight is 310 g/mol. The Morgan fingerprint density at radius 3 is 2.67 bits per heavy atom. The standard InChI is InChI=1S/C16H24ClN3O/c1-5-12-15(17)14(20(7-3)19-12)10-13(18-6-2)16-11(4)8-9-21-16/h8-9,13,18H,5-7,10H2,1-4H3. The number of likely N-dealkylation sites (N-methyl/N-ethyl adjacent to an activating group) is 1. The molecule has 1 unspecified atom stereocenters. The third kappa shape index (κ3) is 3.33. The van der Waals surface area contributed by atoms with Crippen molar-refractivity contribution in [3.63, 3.8) is 0 Å². The van der Waals surface area contributed by atoms with Crippen LogP contribution in [0.4, 0.5) is 0 Å². The third-order valence-corrected chi connectivity index (χ3v) is 4.20. The van der Waals surface area contributed by atoms with Crippen molar-refractivity contribution < 1.29 is 4.42 Å². The van der Waals surface area contributed by atoms with E-state index in [1.54, 1.807) is 6.26 Å². The third-order valence-electron chi connectivity index (χ3n) is 3.76. The van der Waals surface area contributed by atoms with Crippen LogP contribution in [-0.2, 0) is 19.4 Å². The lowest BCUT2D eigenvalue weighted by Gasteiger charge is -2.17. The molecule has 0 aliphatic rings. The Bertz CT molecular complexity index is 588. The molecule has 0 aliphatic heterocycles. The van der Waals surface area contributed by atoms with Crippen LogP contribution in [0.15, 0.2) is 16.7 Å². The van der Waals surface area contributed by atoms with Crippen LogP contribution in [0.25, 0.3) is 0 Å². The number of hydrogen-bond acceptors (Lipinski definition) is 3. The zero-order chi connectivity index (χ0) is 15.4. The van der Waals surface area contributed by atoms with Crippen molar-refractivity contribution >= 4 is 11.6 Å². The van der Waals surface area contributed by atoms with Gasteiger partial charge in [0, 0.05) is 13.0 Å². The molecular weight excluding hydrogens is 286 g/mol. The number of hydrogen-bond donors (Lipinski definition) is 1. The van der Waals surface area contributed by atoms with E-state index in [9.17, 15) is 0 Å². The summed E-state index contributed by atoms with van der Waals surface area (Å²) < 4.78 is 7.67. The molecule has 0 radical (unpaired) electrons. The second-order valence-electron chi connectivity index (χ2n) is 5.16. The maximum absolute atomic E-state index is 6.51. The molecule has 2 aromatic heterocycles. The lowest BCUT2D eigenvalue weighted by molar-refractivity contribution is 0.406. The summed E-state index contributed by atoms with van der Waals surface area (Å²) >= 11 is 6.51. The zero-order valence-corrected chi connectivity index (χ0v) is 14.0. The molecule has 1 atom stereocenters. The second-order valence-corrected chi connectivity index (χ2v) is 5.54. The normalized spacial score (nSPS) is 12.8. The first-order valence-electron chi connectivity index (χ1n) is 7.63. The zero-order valence-electron chi connectivity index (χ0n) is 13.2. The first-order chi connectivity index (χ1) is 10.1. The molecule has 0 amide bonds. The summed E-state index contributed by atoms with van der Waals surface area (Å²) in [4.78, 5) is 0. The van der Waals surface area contributed by atoms with E-state index in [0.717, 1.165) is 53.7 Å². The fourth-order valence-electron chi connectivity index (χ4n) is 2.65. The molecule has 2 aromatic rings. The van der Waals surface area contributed by atoms with Gasteiger partial charge in [0.25, 0.3) is 0 Å². The monoisotopic (exact) mass is 309 g/mol. The minimum absolute atomic E-state index is 0.120. The molecule has 0 spiro atoms. The number of furan rings is 1. The predicted octanol–water partition coefficient (Wildman–Crippen LogP) is 3.91. The van der Waals surface area contributed by atoms with E-state index in [1.807, 2.05) is 10.7 Å². The van der Waals surface area contributed by atoms with E-state index in [4.69, 9.17) is 16.0 Å². The first kappa shape index (κ1) is 16.1. The SMILES string of the molecule is CCNC(Cc1c(Cl)c(CC)nn1CC)c1occc1C. The molecule has 116 valence electrons. The van der Waals surface area contributed by atoms with Gasteiger partial charge in [-0.05, 0) is 38.4 Å². The van der Waals surface area contributed by atoms with Crippen LogP contribution < -0.4 is 5.32 Å². The van der Waals surface area contributed by atoms with Crippen LogP contribution in [0, 0.1) is 6.92 Å². The Labute approximate surface area is 131 Å². The van der Waals surface area contributed by atoms with Crippen LogP contribution in [0.2, 0.25) is 5.02 Å². The van der Waals surface area contributed by atoms with E-state index in [1.165, 1.54) is 0 Å². The highest BCUT2D eigenvalue weighted by molar-refractivity contribution is 6.31. The number of aromatic nitrogens is 2. The molecule has 1 N–H and O–H groups in total. The smallest absolute Gasteiger partial charge is 0.123 e. The highest BCUT2D eigenvalue weighted by Gasteiger charge is 2.22. The molecular formula is C16H24ClN3O. The summed E-state index contributed by atoms with van der Waals surface area (Å²) in [6.45, 7) is 10.0. The van der Waals surface area contributed by atoms with Gasteiger partial charge < -0.3 is 9.73 Å². The lowest BCUT2D eigenvalue weighted by Crippen LogP contribution is -2.24. The summed E-state index contributed by atoms with van der Waals surface area (Å²) in [5, 5.41) is 8.87. The van der Waals surface area contributed by atoms with E-state index in [0.29, 0.717) is 0 Å². The summed E-state index contributed by atoms with van der Waals surface area (Å²) in [5.74, 6) is 0.981. The molecule has 0 saturated heterocycles. The van der Waals surface area contributed by atoms with Crippen molar-refractivity contribution in [2.75, 3.05) is 6.54 Å². The van der Waals surface area contributed by atoms with Crippen LogP contribution in [0.5, 0.6) is 0 Å². The number of aryl methyl sites for hydroxylation is 3. The van der Waals surface area contributed by atoms with Crippen molar-refractivity contribution in [1.82, 2.24) is 15.1 Å². The van der Waals surface area contributed by atoms with Crippen LogP contribution >= 0.6 is 11.6 Å². The molecule has 5 heteroatoms. The Kier molecular flexibility index (Phi) is 5.48. The minimum atomic E-state index is 0.120. The largest absolute Gasteiger partial charge is 0.467 e. The second kappa shape index (κ2) is 7.14. The number of nitrogens with zero attached hydrogens (tertiary/aromatic N) is 2. The summed E-state index contributed by atoms with van der Waals surface area (Å²) in [6, 6.07) is 2.12. The van der Waals surface area contributed by atoms with Crippen LogP contribution in [0.1, 0.15) is 49.5 Å². The fourth-order valence-corrected chi connectivity index (χ4v) is 3.00. The van der Waals surface area contributed by atoms with Crippen LogP contribution in [0.3, 0.4) is 0 Å². The molecule has 21 heavy (non-hydrogen) atoms. The Morgan fingerprint density at radius 1 is 1.38 bits per heavy atom. The molecule has 4 nitrogen and oxygen atoms in total. The van der Waals surface area contributed by atoms with Gasteiger partial charge >= 0.3 is 0 Å². The van der Waals surface area contributed by atoms with Crippen molar-refractivity contribution in [2.24, 2.45) is 0 Å². The van der Waals surface area contributed by atoms with Gasteiger partial charge in [-0.25, -0.2) is 0 Å². The quantitative estimate of drug-likeness (QED) is 0.843. The van der Waals surface area contributed by atoms with Gasteiger partial charge in [0.05, 0.1) is 28.7 Å². The van der Waals surface area contributed by atoms with E-state index >= 15 is 0 Å². The molecule has 2 heterocycles. The highest BCUT2D eigenvalue weighted by Crippen LogP contribution is 2.28. The number of rotatable bonds is 7. The molecule has 2 rings (SSSR count). The Hall–Kier alpha value is -1.26. The lowest BCUT2D eigenvalue weighted by atomic mass is 10.1. The molecule has 0 saturated carbocycles. The Balaban J connectivity index is 2.33. The molecule has 0 fully saturated rings. The number of halogens is 1. The van der Waals surface area contributed by atoms with Gasteiger partial charge in [-0.1, -0.05) is 25.4 Å². The minimum Gasteiger partial charge on any atom is -0.467 e. The van der Waals surface area contributed by atoms with Gasteiger partial charge in [-0.15, -0.1) is 0 Å². The van der Waals surface area contributed by atoms with Gasteiger partial charge in [0.2, 0.25) is 0 Å². The average Bonchev–Trinajstić information content (AvgIpc) is 3.03. The molecule has 0 aliphatic carbocycles. The van der Waals surface area contributed by atoms with E-state index in [-0.39, 0.29) is 6.04 Å². The summed E-state index contributed by atoms with van der Waals surface area (Å²) in [6.07, 6.45) is 3.37. The number of nitrogens with one attached hydrogen (secondary N) is 1.